The van der Waals surface area contributed by atoms with E-state index in [1.807, 2.05) is 30.3 Å². The highest BCUT2D eigenvalue weighted by molar-refractivity contribution is 9.10. The van der Waals surface area contributed by atoms with Crippen LogP contribution in [0.5, 0.6) is 0 Å². The summed E-state index contributed by atoms with van der Waals surface area (Å²) in [6, 6.07) is 12.8. The van der Waals surface area contributed by atoms with Crippen molar-refractivity contribution in [3.8, 4) is 0 Å². The fourth-order valence-electron chi connectivity index (χ4n) is 1.72. The van der Waals surface area contributed by atoms with Crippen LogP contribution in [0.25, 0.3) is 0 Å². The van der Waals surface area contributed by atoms with Gasteiger partial charge in [0.05, 0.1) is 13.2 Å². The molecule has 0 aliphatic carbocycles. The third-order valence-electron chi connectivity index (χ3n) is 2.83. The molecule has 4 heteroatoms. The van der Waals surface area contributed by atoms with E-state index in [1.54, 1.807) is 6.07 Å². The Kier molecular flexibility index (Phi) is 5.07. The summed E-state index contributed by atoms with van der Waals surface area (Å²) in [4.78, 5) is 0. The lowest BCUT2D eigenvalue weighted by Crippen LogP contribution is -2.01. The number of ether oxygens (including phenoxy) is 1. The van der Waals surface area contributed by atoms with Gasteiger partial charge in [0.15, 0.2) is 0 Å². The highest BCUT2D eigenvalue weighted by atomic mass is 79.9. The summed E-state index contributed by atoms with van der Waals surface area (Å²) in [6.07, 6.45) is 0. The van der Waals surface area contributed by atoms with Crippen LogP contribution in [0.4, 0.5) is 4.39 Å². The Morgan fingerprint density at radius 2 is 1.79 bits per heavy atom. The third-order valence-corrected chi connectivity index (χ3v) is 3.60. The molecule has 0 saturated carbocycles. The first-order chi connectivity index (χ1) is 9.20. The Morgan fingerprint density at radius 3 is 2.47 bits per heavy atom. The van der Waals surface area contributed by atoms with Gasteiger partial charge in [-0.25, -0.2) is 4.39 Å². The molecule has 0 fully saturated rings. The van der Waals surface area contributed by atoms with Crippen LogP contribution in [0.1, 0.15) is 16.7 Å². The molecule has 0 aliphatic rings. The van der Waals surface area contributed by atoms with Crippen molar-refractivity contribution in [2.75, 3.05) is 0 Å². The lowest BCUT2D eigenvalue weighted by Gasteiger charge is -2.08. The van der Waals surface area contributed by atoms with E-state index in [1.165, 1.54) is 6.07 Å². The van der Waals surface area contributed by atoms with Crippen molar-refractivity contribution in [2.45, 2.75) is 19.8 Å². The van der Waals surface area contributed by atoms with Crippen molar-refractivity contribution in [3.63, 3.8) is 0 Å². The van der Waals surface area contributed by atoms with Crippen LogP contribution in [-0.4, -0.2) is 0 Å². The first-order valence-electron chi connectivity index (χ1n) is 5.99. The molecule has 2 N–H and O–H groups in total. The Morgan fingerprint density at radius 1 is 1.05 bits per heavy atom. The van der Waals surface area contributed by atoms with E-state index < -0.39 is 0 Å². The van der Waals surface area contributed by atoms with Crippen LogP contribution >= 0.6 is 15.9 Å². The zero-order valence-corrected chi connectivity index (χ0v) is 12.0. The molecule has 0 radical (unpaired) electrons. The average Bonchev–Trinajstić information content (AvgIpc) is 2.42. The minimum absolute atomic E-state index is 0.248. The van der Waals surface area contributed by atoms with Gasteiger partial charge in [0.2, 0.25) is 0 Å². The summed E-state index contributed by atoms with van der Waals surface area (Å²) >= 11 is 3.45. The van der Waals surface area contributed by atoms with Crippen LogP contribution in [0.15, 0.2) is 46.9 Å². The van der Waals surface area contributed by atoms with Gasteiger partial charge in [0, 0.05) is 16.6 Å². The zero-order valence-electron chi connectivity index (χ0n) is 10.4. The first-order valence-corrected chi connectivity index (χ1v) is 6.78. The SMILES string of the molecule is NCc1ccc(COCc2ccccc2Br)c(F)c1. The molecular weight excluding hydrogens is 309 g/mol. The van der Waals surface area contributed by atoms with Crippen LogP contribution in [0, 0.1) is 5.82 Å². The molecule has 2 nitrogen and oxygen atoms in total. The molecule has 0 saturated heterocycles. The maximum absolute atomic E-state index is 13.7. The molecule has 0 spiro atoms. The summed E-state index contributed by atoms with van der Waals surface area (Å²) < 4.78 is 20.2. The lowest BCUT2D eigenvalue weighted by atomic mass is 10.1. The molecule has 2 rings (SSSR count). The molecule has 0 amide bonds. The Hall–Kier alpha value is -1.23. The largest absolute Gasteiger partial charge is 0.372 e. The minimum atomic E-state index is -0.268. The highest BCUT2D eigenvalue weighted by Gasteiger charge is 2.04. The van der Waals surface area contributed by atoms with Crippen molar-refractivity contribution in [1.29, 1.82) is 0 Å². The number of halogens is 2. The molecule has 100 valence electrons. The van der Waals surface area contributed by atoms with Crippen LogP contribution < -0.4 is 5.73 Å². The maximum Gasteiger partial charge on any atom is 0.129 e. The predicted molar refractivity (Wildman–Crippen MR) is 76.9 cm³/mol. The van der Waals surface area contributed by atoms with Crippen LogP contribution in [0.2, 0.25) is 0 Å². The Labute approximate surface area is 120 Å². The van der Waals surface area contributed by atoms with E-state index in [9.17, 15) is 4.39 Å². The quantitative estimate of drug-likeness (QED) is 0.909. The number of benzene rings is 2. The van der Waals surface area contributed by atoms with Gasteiger partial charge in [-0.3, -0.25) is 0 Å². The van der Waals surface area contributed by atoms with Gasteiger partial charge in [-0.05, 0) is 23.3 Å². The third kappa shape index (κ3) is 3.86. The van der Waals surface area contributed by atoms with Crippen molar-refractivity contribution in [1.82, 2.24) is 0 Å². The minimum Gasteiger partial charge on any atom is -0.372 e. The van der Waals surface area contributed by atoms with E-state index in [0.29, 0.717) is 18.7 Å². The number of hydrogen-bond acceptors (Lipinski definition) is 2. The fourth-order valence-corrected chi connectivity index (χ4v) is 2.12. The zero-order chi connectivity index (χ0) is 13.7. The van der Waals surface area contributed by atoms with Crippen LogP contribution in [0.3, 0.4) is 0 Å². The summed E-state index contributed by atoms with van der Waals surface area (Å²) in [5.74, 6) is -0.268. The molecule has 0 heterocycles. The van der Waals surface area contributed by atoms with Crippen molar-refractivity contribution in [3.05, 3.63) is 69.4 Å². The lowest BCUT2D eigenvalue weighted by molar-refractivity contribution is 0.104. The maximum atomic E-state index is 13.7. The molecule has 19 heavy (non-hydrogen) atoms. The normalized spacial score (nSPS) is 10.7. The second kappa shape index (κ2) is 6.80. The number of nitrogens with two attached hydrogens (primary N) is 1. The smallest absolute Gasteiger partial charge is 0.129 e. The van der Waals surface area contributed by atoms with Gasteiger partial charge >= 0.3 is 0 Å². The van der Waals surface area contributed by atoms with Crippen LogP contribution in [-0.2, 0) is 24.5 Å². The predicted octanol–water partition coefficient (Wildman–Crippen LogP) is 3.76. The first kappa shape index (κ1) is 14.2. The molecule has 0 aromatic heterocycles. The molecule has 0 bridgehead atoms. The fraction of sp³-hybridized carbons (Fsp3) is 0.200. The molecular formula is C15H15BrFNO. The Balaban J connectivity index is 1.94. The topological polar surface area (TPSA) is 35.2 Å². The van der Waals surface area contributed by atoms with E-state index in [2.05, 4.69) is 15.9 Å². The van der Waals surface area contributed by atoms with E-state index in [-0.39, 0.29) is 12.4 Å². The number of rotatable bonds is 5. The summed E-state index contributed by atoms with van der Waals surface area (Å²) in [5, 5.41) is 0. The molecule has 2 aromatic carbocycles. The molecule has 0 aliphatic heterocycles. The van der Waals surface area contributed by atoms with Gasteiger partial charge in [-0.15, -0.1) is 0 Å². The summed E-state index contributed by atoms with van der Waals surface area (Å²) in [7, 11) is 0. The van der Waals surface area contributed by atoms with Crippen molar-refractivity contribution >= 4 is 15.9 Å². The van der Waals surface area contributed by atoms with Gasteiger partial charge in [-0.2, -0.15) is 0 Å². The van der Waals surface area contributed by atoms with Crippen molar-refractivity contribution < 1.29 is 9.13 Å². The van der Waals surface area contributed by atoms with E-state index in [0.717, 1.165) is 15.6 Å². The van der Waals surface area contributed by atoms with Gasteiger partial charge < -0.3 is 10.5 Å². The second-order valence-electron chi connectivity index (χ2n) is 4.21. The van der Waals surface area contributed by atoms with E-state index in [4.69, 9.17) is 10.5 Å². The van der Waals surface area contributed by atoms with Gasteiger partial charge in [0.1, 0.15) is 5.82 Å². The highest BCUT2D eigenvalue weighted by Crippen LogP contribution is 2.18. The Bertz CT molecular complexity index is 560. The molecule has 0 atom stereocenters. The van der Waals surface area contributed by atoms with Gasteiger partial charge in [0.25, 0.3) is 0 Å². The average molecular weight is 324 g/mol. The van der Waals surface area contributed by atoms with Gasteiger partial charge in [-0.1, -0.05) is 46.3 Å². The standard InChI is InChI=1S/C15H15BrFNO/c16-14-4-2-1-3-12(14)9-19-10-13-6-5-11(8-18)7-15(13)17/h1-7H,8-10,18H2. The number of hydrogen-bond donors (Lipinski definition) is 1. The van der Waals surface area contributed by atoms with Crippen molar-refractivity contribution in [2.24, 2.45) is 5.73 Å². The summed E-state index contributed by atoms with van der Waals surface area (Å²) in [5.41, 5.74) is 7.83. The summed E-state index contributed by atoms with van der Waals surface area (Å²) in [6.45, 7) is 1.03. The molecule has 0 unspecified atom stereocenters. The monoisotopic (exact) mass is 323 g/mol. The molecule has 2 aromatic rings. The van der Waals surface area contributed by atoms with E-state index >= 15 is 0 Å². The second-order valence-corrected chi connectivity index (χ2v) is 5.07.